The van der Waals surface area contributed by atoms with Crippen molar-refractivity contribution in [1.29, 1.82) is 0 Å². The topological polar surface area (TPSA) is 0 Å². The van der Waals surface area contributed by atoms with Gasteiger partial charge in [0, 0.05) is 0 Å². The fourth-order valence-corrected chi connectivity index (χ4v) is 11.8. The standard InChI is InChI=1S/C24H38.C17H26.C15H28/c1-17-5-9-21(10-6-17)15-23-13-14-24(20(4)19(23)3)16-22-11-7-18(2)8-12-22;1-12-5-7-16(8-6-12)11-17-9-13(2)15(4)14(3)10-17;1-12-3-7-14(8-4-12)11-15-9-5-13(2)6-10-15/h13-14,17-18,21-22H,5-12,15-16H2,1-4H3;9-10,12,16H,5-8,11H2,1-4H3;12-15H,3-11H2,1-2H3. The highest BCUT2D eigenvalue weighted by Crippen LogP contribution is 2.39. The van der Waals surface area contributed by atoms with E-state index in [1.165, 1.54) is 164 Å². The van der Waals surface area contributed by atoms with Crippen LogP contribution in [0.15, 0.2) is 24.3 Å². The molecular formula is C56H92. The smallest absolute Gasteiger partial charge is 0.0248 e. The summed E-state index contributed by atoms with van der Waals surface area (Å²) < 4.78 is 0. The van der Waals surface area contributed by atoms with Gasteiger partial charge in [0.25, 0.3) is 0 Å². The molecule has 0 heteroatoms. The Morgan fingerprint density at radius 3 is 0.911 bits per heavy atom. The van der Waals surface area contributed by atoms with Crippen molar-refractivity contribution in [1.82, 2.24) is 0 Å². The molecule has 0 radical (unpaired) electrons. The molecule has 5 saturated carbocycles. The molecule has 2 aromatic rings. The van der Waals surface area contributed by atoms with Gasteiger partial charge >= 0.3 is 0 Å². The van der Waals surface area contributed by atoms with Gasteiger partial charge in [-0.05, 0) is 203 Å². The molecule has 0 aliphatic heterocycles. The molecule has 0 aromatic heterocycles. The average Bonchev–Trinajstić information content (AvgIpc) is 3.18. The summed E-state index contributed by atoms with van der Waals surface area (Å²) in [5.41, 5.74) is 12.4. The van der Waals surface area contributed by atoms with Crippen molar-refractivity contribution < 1.29 is 0 Å². The van der Waals surface area contributed by atoms with Gasteiger partial charge in [-0.25, -0.2) is 0 Å². The largest absolute Gasteiger partial charge is 0.0625 e. The molecule has 2 aromatic carbocycles. The van der Waals surface area contributed by atoms with Crippen molar-refractivity contribution >= 4 is 0 Å². The maximum Gasteiger partial charge on any atom is -0.0248 e. The lowest BCUT2D eigenvalue weighted by Gasteiger charge is -2.32. The first-order valence-corrected chi connectivity index (χ1v) is 25.0. The van der Waals surface area contributed by atoms with Crippen LogP contribution in [-0.4, -0.2) is 0 Å². The summed E-state index contributed by atoms with van der Waals surface area (Å²) in [4.78, 5) is 0. The zero-order valence-electron chi connectivity index (χ0n) is 39.1. The van der Waals surface area contributed by atoms with Crippen LogP contribution in [0.25, 0.3) is 0 Å². The highest BCUT2D eigenvalue weighted by molar-refractivity contribution is 5.40. The van der Waals surface area contributed by atoms with Crippen LogP contribution < -0.4 is 0 Å². The van der Waals surface area contributed by atoms with Gasteiger partial charge in [-0.3, -0.25) is 0 Å². The molecule has 0 bridgehead atoms. The Balaban J connectivity index is 0.000000166. The zero-order valence-corrected chi connectivity index (χ0v) is 39.1. The van der Waals surface area contributed by atoms with E-state index in [1.54, 1.807) is 34.2 Å². The number of hydrogen-bond donors (Lipinski definition) is 0. The highest BCUT2D eigenvalue weighted by Gasteiger charge is 2.25. The molecule has 0 N–H and O–H groups in total. The first kappa shape index (κ1) is 45.5. The molecule has 5 aliphatic rings. The summed E-state index contributed by atoms with van der Waals surface area (Å²) in [6.45, 7) is 23.6. The molecule has 316 valence electrons. The molecule has 0 heterocycles. The Labute approximate surface area is 350 Å². The van der Waals surface area contributed by atoms with E-state index in [-0.39, 0.29) is 0 Å². The maximum atomic E-state index is 2.47. The molecule has 0 nitrogen and oxygen atoms in total. The van der Waals surface area contributed by atoms with Crippen LogP contribution >= 0.6 is 0 Å². The summed E-state index contributed by atoms with van der Waals surface area (Å²) >= 11 is 0. The number of hydrogen-bond acceptors (Lipinski definition) is 0. The van der Waals surface area contributed by atoms with Crippen LogP contribution in [0, 0.1) is 93.8 Å². The lowest BCUT2D eigenvalue weighted by Crippen LogP contribution is -2.19. The first-order valence-electron chi connectivity index (χ1n) is 25.0. The Morgan fingerprint density at radius 2 is 0.607 bits per heavy atom. The minimum atomic E-state index is 0.935. The molecule has 0 atom stereocenters. The van der Waals surface area contributed by atoms with Crippen molar-refractivity contribution in [2.45, 2.75) is 223 Å². The summed E-state index contributed by atoms with van der Waals surface area (Å²) in [5.74, 6) is 9.93. The fourth-order valence-electron chi connectivity index (χ4n) is 11.8. The Kier molecular flexibility index (Phi) is 18.5. The summed E-state index contributed by atoms with van der Waals surface area (Å²) in [6, 6.07) is 9.75. The van der Waals surface area contributed by atoms with E-state index < -0.39 is 0 Å². The summed E-state index contributed by atoms with van der Waals surface area (Å²) in [7, 11) is 0. The predicted molar refractivity (Wildman–Crippen MR) is 248 cm³/mol. The van der Waals surface area contributed by atoms with Crippen molar-refractivity contribution in [3.63, 3.8) is 0 Å². The minimum Gasteiger partial charge on any atom is -0.0625 e. The van der Waals surface area contributed by atoms with E-state index in [9.17, 15) is 0 Å². The number of aryl methyl sites for hydroxylation is 2. The third kappa shape index (κ3) is 14.6. The Hall–Kier alpha value is -1.56. The van der Waals surface area contributed by atoms with E-state index in [0.717, 1.165) is 59.2 Å². The Bertz CT molecular complexity index is 1310. The zero-order chi connectivity index (χ0) is 40.2. The molecule has 0 unspecified atom stereocenters. The van der Waals surface area contributed by atoms with Crippen molar-refractivity contribution in [2.24, 2.45) is 59.2 Å². The van der Waals surface area contributed by atoms with E-state index in [1.807, 2.05) is 0 Å². The first-order chi connectivity index (χ1) is 26.8. The summed E-state index contributed by atoms with van der Waals surface area (Å²) in [6.07, 6.45) is 35.0. The van der Waals surface area contributed by atoms with Crippen molar-refractivity contribution in [2.75, 3.05) is 0 Å². The van der Waals surface area contributed by atoms with Gasteiger partial charge in [0.1, 0.15) is 0 Å². The van der Waals surface area contributed by atoms with Crippen molar-refractivity contribution in [3.05, 3.63) is 68.8 Å². The van der Waals surface area contributed by atoms with Crippen LogP contribution in [0.1, 0.15) is 214 Å². The van der Waals surface area contributed by atoms with Crippen molar-refractivity contribution in [3.8, 4) is 0 Å². The number of benzene rings is 2. The molecule has 5 fully saturated rings. The van der Waals surface area contributed by atoms with Gasteiger partial charge in [0.15, 0.2) is 0 Å². The van der Waals surface area contributed by atoms with Gasteiger partial charge < -0.3 is 0 Å². The van der Waals surface area contributed by atoms with Crippen LogP contribution in [-0.2, 0) is 19.3 Å². The number of rotatable bonds is 8. The molecule has 7 rings (SSSR count). The lowest BCUT2D eigenvalue weighted by atomic mass is 9.74. The lowest BCUT2D eigenvalue weighted by molar-refractivity contribution is 0.201. The molecule has 0 spiro atoms. The van der Waals surface area contributed by atoms with Crippen LogP contribution in [0.3, 0.4) is 0 Å². The highest BCUT2D eigenvalue weighted by atomic mass is 14.3. The third-order valence-corrected chi connectivity index (χ3v) is 16.9. The quantitative estimate of drug-likeness (QED) is 0.251. The van der Waals surface area contributed by atoms with Crippen LogP contribution in [0.5, 0.6) is 0 Å². The third-order valence-electron chi connectivity index (χ3n) is 16.9. The second-order valence-electron chi connectivity index (χ2n) is 22.0. The predicted octanol–water partition coefficient (Wildman–Crippen LogP) is 17.1. The van der Waals surface area contributed by atoms with Crippen LogP contribution in [0.4, 0.5) is 0 Å². The molecule has 0 saturated heterocycles. The molecule has 5 aliphatic carbocycles. The normalized spacial score (nSPS) is 32.4. The SMILES string of the molecule is CC1CCC(CC2CCC(C)CC2)CC1.Cc1c(CC2CCC(C)CC2)ccc(CC2CCC(C)CC2)c1C.Cc1cc(CC2CCC(C)CC2)cc(C)c1C. The van der Waals surface area contributed by atoms with Gasteiger partial charge in [0.2, 0.25) is 0 Å². The van der Waals surface area contributed by atoms with E-state index in [2.05, 4.69) is 93.5 Å². The summed E-state index contributed by atoms with van der Waals surface area (Å²) in [5, 5.41) is 0. The van der Waals surface area contributed by atoms with Crippen LogP contribution in [0.2, 0.25) is 0 Å². The molecule has 0 amide bonds. The molecule has 56 heavy (non-hydrogen) atoms. The Morgan fingerprint density at radius 1 is 0.339 bits per heavy atom. The van der Waals surface area contributed by atoms with E-state index in [0.29, 0.717) is 0 Å². The van der Waals surface area contributed by atoms with Gasteiger partial charge in [-0.1, -0.05) is 149 Å². The second kappa shape index (κ2) is 22.7. The minimum absolute atomic E-state index is 0.935. The second-order valence-corrected chi connectivity index (χ2v) is 22.0. The van der Waals surface area contributed by atoms with E-state index >= 15 is 0 Å². The van der Waals surface area contributed by atoms with Gasteiger partial charge in [-0.2, -0.15) is 0 Å². The average molecular weight is 765 g/mol. The van der Waals surface area contributed by atoms with E-state index in [4.69, 9.17) is 0 Å². The monoisotopic (exact) mass is 765 g/mol. The van der Waals surface area contributed by atoms with Gasteiger partial charge in [-0.15, -0.1) is 0 Å². The fraction of sp³-hybridized carbons (Fsp3) is 0.786. The van der Waals surface area contributed by atoms with Gasteiger partial charge in [0.05, 0.1) is 0 Å². The molecular weight excluding hydrogens is 673 g/mol. The maximum absolute atomic E-state index is 2.47.